The molecule has 0 unspecified atom stereocenters. The molecule has 7 N–H and O–H groups in total. The van der Waals surface area contributed by atoms with Gasteiger partial charge in [-0.1, -0.05) is 12.2 Å². The third kappa shape index (κ3) is 1.70. The van der Waals surface area contributed by atoms with Gasteiger partial charge in [-0.2, -0.15) is 0 Å². The van der Waals surface area contributed by atoms with E-state index in [0.717, 1.165) is 0 Å². The molecule has 0 saturated heterocycles. The van der Waals surface area contributed by atoms with Crippen LogP contribution in [0.4, 0.5) is 11.5 Å². The highest BCUT2D eigenvalue weighted by Gasteiger charge is 1.99. The lowest BCUT2D eigenvalue weighted by Crippen LogP contribution is -2.22. The second-order valence-electron chi connectivity index (χ2n) is 2.01. The minimum atomic E-state index is -0.103. The summed E-state index contributed by atoms with van der Waals surface area (Å²) < 4.78 is 0.264. The Labute approximate surface area is 73.5 Å². The van der Waals surface area contributed by atoms with Crippen molar-refractivity contribution in [2.75, 3.05) is 5.73 Å². The van der Waals surface area contributed by atoms with Crippen LogP contribution >= 0.6 is 12.2 Å². The molecule has 64 valence electrons. The number of rotatable bonds is 1. The number of aromatic amines is 1. The average molecular weight is 184 g/mol. The molecule has 1 aromatic heterocycles. The number of nitrogens with one attached hydrogen (secondary N) is 1. The number of nitrogens with zero attached hydrogens (tertiary/aromatic N) is 2. The van der Waals surface area contributed by atoms with Crippen molar-refractivity contribution in [2.45, 2.75) is 0 Å². The molecule has 0 spiro atoms. The van der Waals surface area contributed by atoms with Crippen molar-refractivity contribution in [3.8, 4) is 0 Å². The number of hydrogen-bond acceptors (Lipinski definition) is 4. The zero-order valence-corrected chi connectivity index (χ0v) is 6.93. The van der Waals surface area contributed by atoms with Crippen LogP contribution in [0.1, 0.15) is 0 Å². The van der Waals surface area contributed by atoms with Crippen LogP contribution in [0, 0.1) is 4.64 Å². The minimum absolute atomic E-state index is 0.103. The Bertz CT molecular complexity index is 362. The number of H-pyrrole nitrogens is 1. The normalized spacial score (nSPS) is 9.33. The Balaban J connectivity index is 3.32. The molecule has 1 rings (SSSR count). The number of guanidine groups is 1. The van der Waals surface area contributed by atoms with E-state index in [4.69, 9.17) is 29.4 Å². The summed E-state index contributed by atoms with van der Waals surface area (Å²) in [6.45, 7) is 0. The fraction of sp³-hybridized carbons (Fsp3) is 0. The highest BCUT2D eigenvalue weighted by atomic mass is 32.1. The Kier molecular flexibility index (Phi) is 2.24. The molecular weight excluding hydrogens is 176 g/mol. The van der Waals surface area contributed by atoms with Gasteiger partial charge in [0.1, 0.15) is 11.5 Å². The number of aliphatic imine (C=N–C) groups is 1. The standard InChI is InChI=1S/C5H8N6S/c6-3-2(11-5(7)8)4(12)10-1-9-3/h1H,(H4,7,8,11)(H3,6,9,10,12). The molecule has 0 atom stereocenters. The largest absolute Gasteiger partial charge is 0.383 e. The minimum Gasteiger partial charge on any atom is -0.383 e. The average Bonchev–Trinajstić information content (AvgIpc) is 1.97. The second kappa shape index (κ2) is 3.18. The van der Waals surface area contributed by atoms with Gasteiger partial charge < -0.3 is 22.2 Å². The van der Waals surface area contributed by atoms with E-state index in [1.165, 1.54) is 6.33 Å². The summed E-state index contributed by atoms with van der Waals surface area (Å²) in [5.41, 5.74) is 16.1. The predicted octanol–water partition coefficient (Wildman–Crippen LogP) is -0.374. The van der Waals surface area contributed by atoms with Gasteiger partial charge >= 0.3 is 0 Å². The van der Waals surface area contributed by atoms with Gasteiger partial charge in [0, 0.05) is 0 Å². The molecule has 0 fully saturated rings. The molecule has 0 radical (unpaired) electrons. The highest BCUT2D eigenvalue weighted by molar-refractivity contribution is 7.71. The lowest BCUT2D eigenvalue weighted by atomic mass is 10.5. The van der Waals surface area contributed by atoms with Gasteiger partial charge in [0.2, 0.25) is 0 Å². The van der Waals surface area contributed by atoms with Crippen molar-refractivity contribution in [1.82, 2.24) is 9.97 Å². The van der Waals surface area contributed by atoms with E-state index in [2.05, 4.69) is 15.0 Å². The van der Waals surface area contributed by atoms with Gasteiger partial charge in [-0.05, 0) is 0 Å². The second-order valence-corrected chi connectivity index (χ2v) is 2.39. The summed E-state index contributed by atoms with van der Waals surface area (Å²) in [7, 11) is 0. The van der Waals surface area contributed by atoms with Gasteiger partial charge in [-0.3, -0.25) is 0 Å². The lowest BCUT2D eigenvalue weighted by molar-refractivity contribution is 1.15. The zero-order chi connectivity index (χ0) is 9.14. The van der Waals surface area contributed by atoms with Crippen LogP contribution in [0.3, 0.4) is 0 Å². The van der Waals surface area contributed by atoms with E-state index < -0.39 is 0 Å². The van der Waals surface area contributed by atoms with Gasteiger partial charge in [-0.25, -0.2) is 9.98 Å². The van der Waals surface area contributed by atoms with E-state index in [1.807, 2.05) is 0 Å². The number of hydrogen-bond donors (Lipinski definition) is 4. The zero-order valence-electron chi connectivity index (χ0n) is 6.11. The fourth-order valence-electron chi connectivity index (χ4n) is 0.642. The molecule has 0 saturated carbocycles. The highest BCUT2D eigenvalue weighted by Crippen LogP contribution is 2.17. The molecule has 1 aromatic rings. The predicted molar refractivity (Wildman–Crippen MR) is 49.3 cm³/mol. The van der Waals surface area contributed by atoms with Crippen LogP contribution in [-0.4, -0.2) is 15.9 Å². The molecule has 0 aliphatic heterocycles. The molecule has 1 heterocycles. The maximum absolute atomic E-state index is 5.49. The Morgan fingerprint density at radius 2 is 2.25 bits per heavy atom. The van der Waals surface area contributed by atoms with E-state index in [9.17, 15) is 0 Å². The van der Waals surface area contributed by atoms with Gasteiger partial charge in [0.05, 0.1) is 6.33 Å². The topological polar surface area (TPSA) is 119 Å². The SMILES string of the molecule is NC(N)=Nc1c(N)[nH]cnc1=S. The van der Waals surface area contributed by atoms with Crippen molar-refractivity contribution >= 4 is 29.7 Å². The smallest absolute Gasteiger partial charge is 0.191 e. The monoisotopic (exact) mass is 184 g/mol. The summed E-state index contributed by atoms with van der Waals surface area (Å²) >= 11 is 4.83. The number of aromatic nitrogens is 2. The Hall–Kier alpha value is -1.63. The maximum atomic E-state index is 5.49. The first kappa shape index (κ1) is 8.47. The molecule has 0 aromatic carbocycles. The summed E-state index contributed by atoms with van der Waals surface area (Å²) in [6.07, 6.45) is 1.38. The van der Waals surface area contributed by atoms with Crippen LogP contribution < -0.4 is 17.2 Å². The third-order valence-electron chi connectivity index (χ3n) is 1.10. The van der Waals surface area contributed by atoms with Crippen LogP contribution in [-0.2, 0) is 0 Å². The molecule has 0 aliphatic carbocycles. The van der Waals surface area contributed by atoms with E-state index in [-0.39, 0.29) is 10.6 Å². The number of nitrogens with two attached hydrogens (primary N) is 3. The molecular formula is C5H8N6S. The molecule has 12 heavy (non-hydrogen) atoms. The van der Waals surface area contributed by atoms with Crippen LogP contribution in [0.5, 0.6) is 0 Å². The molecule has 7 heteroatoms. The Morgan fingerprint density at radius 1 is 1.58 bits per heavy atom. The fourth-order valence-corrected chi connectivity index (χ4v) is 0.851. The van der Waals surface area contributed by atoms with E-state index in [0.29, 0.717) is 11.5 Å². The van der Waals surface area contributed by atoms with Gasteiger partial charge in [0.25, 0.3) is 0 Å². The van der Waals surface area contributed by atoms with Crippen LogP contribution in [0.15, 0.2) is 11.3 Å². The summed E-state index contributed by atoms with van der Waals surface area (Å²) in [5, 5.41) is 0. The first-order valence-corrected chi connectivity index (χ1v) is 3.45. The molecule has 0 amide bonds. The first-order chi connectivity index (χ1) is 5.61. The van der Waals surface area contributed by atoms with E-state index >= 15 is 0 Å². The maximum Gasteiger partial charge on any atom is 0.191 e. The van der Waals surface area contributed by atoms with Crippen molar-refractivity contribution in [2.24, 2.45) is 16.5 Å². The van der Waals surface area contributed by atoms with Crippen molar-refractivity contribution in [1.29, 1.82) is 0 Å². The molecule has 0 bridgehead atoms. The molecule has 6 nitrogen and oxygen atoms in total. The summed E-state index contributed by atoms with van der Waals surface area (Å²) in [6, 6.07) is 0. The van der Waals surface area contributed by atoms with E-state index in [1.54, 1.807) is 0 Å². The van der Waals surface area contributed by atoms with Crippen molar-refractivity contribution in [3.63, 3.8) is 0 Å². The van der Waals surface area contributed by atoms with Crippen molar-refractivity contribution in [3.05, 3.63) is 11.0 Å². The summed E-state index contributed by atoms with van der Waals surface area (Å²) in [4.78, 5) is 10.1. The van der Waals surface area contributed by atoms with Crippen LogP contribution in [0.25, 0.3) is 0 Å². The van der Waals surface area contributed by atoms with Gasteiger partial charge in [0.15, 0.2) is 10.6 Å². The Morgan fingerprint density at radius 3 is 2.75 bits per heavy atom. The molecule has 0 aliphatic rings. The first-order valence-electron chi connectivity index (χ1n) is 3.04. The number of nitrogen functional groups attached to an aromatic ring is 1. The van der Waals surface area contributed by atoms with Crippen molar-refractivity contribution < 1.29 is 0 Å². The van der Waals surface area contributed by atoms with Gasteiger partial charge in [-0.15, -0.1) is 0 Å². The third-order valence-corrected chi connectivity index (χ3v) is 1.40. The number of anilines is 1. The quantitative estimate of drug-likeness (QED) is 0.269. The lowest BCUT2D eigenvalue weighted by Gasteiger charge is -1.98. The van der Waals surface area contributed by atoms with Crippen LogP contribution in [0.2, 0.25) is 0 Å². The summed E-state index contributed by atoms with van der Waals surface area (Å²) in [5.74, 6) is 0.192.